The van der Waals surface area contributed by atoms with Crippen LogP contribution in [0.5, 0.6) is 5.75 Å². The van der Waals surface area contributed by atoms with Gasteiger partial charge in [-0.15, -0.1) is 0 Å². The molecule has 1 N–H and O–H groups in total. The molecule has 0 unspecified atom stereocenters. The summed E-state index contributed by atoms with van der Waals surface area (Å²) in [7, 11) is 0. The van der Waals surface area contributed by atoms with Crippen LogP contribution in [0, 0.1) is 23.3 Å². The lowest BCUT2D eigenvalue weighted by Gasteiger charge is -2.10. The minimum atomic E-state index is -1.51. The van der Waals surface area contributed by atoms with Gasteiger partial charge in [0.05, 0.1) is 0 Å². The van der Waals surface area contributed by atoms with Crippen LogP contribution in [-0.4, -0.2) is 5.11 Å². The molecule has 0 aliphatic carbocycles. The molecule has 0 amide bonds. The van der Waals surface area contributed by atoms with Crippen molar-refractivity contribution >= 4 is 0 Å². The topological polar surface area (TPSA) is 20.2 Å². The van der Waals surface area contributed by atoms with Crippen LogP contribution in [0.2, 0.25) is 0 Å². The quantitative estimate of drug-likeness (QED) is 0.637. The molecule has 0 heterocycles. The monoisotopic (exact) mass is 318 g/mol. The zero-order chi connectivity index (χ0) is 16.6. The highest BCUT2D eigenvalue weighted by atomic mass is 19.2. The molecule has 0 fully saturated rings. The predicted molar refractivity (Wildman–Crippen MR) is 78.8 cm³/mol. The van der Waals surface area contributed by atoms with E-state index in [4.69, 9.17) is 5.11 Å². The summed E-state index contributed by atoms with van der Waals surface area (Å²) in [4.78, 5) is 0. The molecular weight excluding hydrogens is 308 g/mol. The minimum absolute atomic E-state index is 0.0199. The molecule has 5 heteroatoms. The summed E-state index contributed by atoms with van der Waals surface area (Å²) < 4.78 is 55.9. The standard InChI is InChI=1S/C18H10F4O/c19-15-11(10-4-2-1-3-5-10)6-7-12(16(15)20)13-8-9-14(23)18(22)17(13)21/h1-9,23H. The van der Waals surface area contributed by atoms with E-state index in [2.05, 4.69) is 0 Å². The first-order chi connectivity index (χ1) is 11.0. The molecule has 116 valence electrons. The Labute approximate surface area is 129 Å². The Hall–Kier alpha value is -2.82. The highest BCUT2D eigenvalue weighted by Crippen LogP contribution is 2.34. The molecule has 0 aromatic heterocycles. The molecule has 1 nitrogen and oxygen atoms in total. The molecule has 3 aromatic rings. The second-order valence-electron chi connectivity index (χ2n) is 4.91. The number of aromatic hydroxyl groups is 1. The van der Waals surface area contributed by atoms with E-state index in [0.717, 1.165) is 12.1 Å². The summed E-state index contributed by atoms with van der Waals surface area (Å²) in [6.45, 7) is 0. The lowest BCUT2D eigenvalue weighted by atomic mass is 9.98. The Balaban J connectivity index is 2.17. The number of halogens is 4. The van der Waals surface area contributed by atoms with Crippen molar-refractivity contribution in [2.24, 2.45) is 0 Å². The van der Waals surface area contributed by atoms with Gasteiger partial charge in [-0.1, -0.05) is 42.5 Å². The average molecular weight is 318 g/mol. The fraction of sp³-hybridized carbons (Fsp3) is 0. The van der Waals surface area contributed by atoms with Crippen molar-refractivity contribution < 1.29 is 22.7 Å². The largest absolute Gasteiger partial charge is 0.505 e. The highest BCUT2D eigenvalue weighted by molar-refractivity contribution is 5.72. The molecule has 0 aliphatic heterocycles. The van der Waals surface area contributed by atoms with Crippen molar-refractivity contribution in [3.63, 3.8) is 0 Å². The molecule has 23 heavy (non-hydrogen) atoms. The lowest BCUT2D eigenvalue weighted by Crippen LogP contribution is -1.97. The van der Waals surface area contributed by atoms with E-state index >= 15 is 0 Å². The zero-order valence-corrected chi connectivity index (χ0v) is 11.7. The van der Waals surface area contributed by atoms with Gasteiger partial charge in [0.2, 0.25) is 5.82 Å². The summed E-state index contributed by atoms with van der Waals surface area (Å²) in [5.74, 6) is -6.27. The van der Waals surface area contributed by atoms with Gasteiger partial charge in [0, 0.05) is 16.7 Å². The Kier molecular flexibility index (Phi) is 3.78. The molecule has 0 aliphatic rings. The van der Waals surface area contributed by atoms with E-state index in [1.807, 2.05) is 0 Å². The first kappa shape index (κ1) is 15.1. The number of rotatable bonds is 2. The van der Waals surface area contributed by atoms with Crippen LogP contribution in [0.1, 0.15) is 0 Å². The van der Waals surface area contributed by atoms with Gasteiger partial charge in [-0.3, -0.25) is 0 Å². The second kappa shape index (κ2) is 5.76. The van der Waals surface area contributed by atoms with Crippen LogP contribution in [0.3, 0.4) is 0 Å². The van der Waals surface area contributed by atoms with Crippen LogP contribution < -0.4 is 0 Å². The summed E-state index contributed by atoms with van der Waals surface area (Å²) >= 11 is 0. The van der Waals surface area contributed by atoms with Crippen LogP contribution in [-0.2, 0) is 0 Å². The maximum absolute atomic E-state index is 14.3. The third kappa shape index (κ3) is 2.54. The SMILES string of the molecule is Oc1ccc(-c2ccc(-c3ccccc3)c(F)c2F)c(F)c1F. The predicted octanol–water partition coefficient (Wildman–Crippen LogP) is 5.28. The fourth-order valence-electron chi connectivity index (χ4n) is 2.35. The fourth-order valence-corrected chi connectivity index (χ4v) is 2.35. The third-order valence-electron chi connectivity index (χ3n) is 3.52. The molecule has 0 radical (unpaired) electrons. The number of hydrogen-bond acceptors (Lipinski definition) is 1. The lowest BCUT2D eigenvalue weighted by molar-refractivity contribution is 0.408. The molecule has 0 spiro atoms. The van der Waals surface area contributed by atoms with Gasteiger partial charge in [0.15, 0.2) is 23.2 Å². The van der Waals surface area contributed by atoms with E-state index in [0.29, 0.717) is 5.56 Å². The van der Waals surface area contributed by atoms with Crippen molar-refractivity contribution in [1.29, 1.82) is 0 Å². The molecular formula is C18H10F4O. The molecule has 3 aromatic carbocycles. The number of benzene rings is 3. The van der Waals surface area contributed by atoms with E-state index < -0.39 is 40.1 Å². The second-order valence-corrected chi connectivity index (χ2v) is 4.91. The number of phenols is 1. The van der Waals surface area contributed by atoms with Crippen LogP contribution in [0.4, 0.5) is 17.6 Å². The van der Waals surface area contributed by atoms with Crippen LogP contribution in [0.15, 0.2) is 54.6 Å². The number of phenolic OH excluding ortho intramolecular Hbond substituents is 1. The minimum Gasteiger partial charge on any atom is -0.505 e. The first-order valence-electron chi connectivity index (χ1n) is 6.71. The Morgan fingerprint density at radius 3 is 1.65 bits per heavy atom. The summed E-state index contributed by atoms with van der Waals surface area (Å²) in [6.07, 6.45) is 0. The van der Waals surface area contributed by atoms with Crippen molar-refractivity contribution in [2.75, 3.05) is 0 Å². The van der Waals surface area contributed by atoms with Crippen molar-refractivity contribution in [3.8, 4) is 28.0 Å². The maximum Gasteiger partial charge on any atom is 0.200 e. The highest BCUT2D eigenvalue weighted by Gasteiger charge is 2.20. The smallest absolute Gasteiger partial charge is 0.200 e. The van der Waals surface area contributed by atoms with Crippen molar-refractivity contribution in [2.45, 2.75) is 0 Å². The first-order valence-corrected chi connectivity index (χ1v) is 6.71. The van der Waals surface area contributed by atoms with Gasteiger partial charge in [0.1, 0.15) is 0 Å². The van der Waals surface area contributed by atoms with Crippen molar-refractivity contribution in [3.05, 3.63) is 77.9 Å². The van der Waals surface area contributed by atoms with E-state index in [9.17, 15) is 17.6 Å². The Bertz CT molecular complexity index is 876. The van der Waals surface area contributed by atoms with E-state index in [1.165, 1.54) is 12.1 Å². The third-order valence-corrected chi connectivity index (χ3v) is 3.52. The van der Waals surface area contributed by atoms with Gasteiger partial charge < -0.3 is 5.11 Å². The summed E-state index contributed by atoms with van der Waals surface area (Å²) in [5, 5.41) is 9.11. The molecule has 3 rings (SSSR count). The number of hydrogen-bond donors (Lipinski definition) is 1. The summed E-state index contributed by atoms with van der Waals surface area (Å²) in [6, 6.07) is 12.7. The molecule has 0 atom stereocenters. The van der Waals surface area contributed by atoms with Crippen molar-refractivity contribution in [1.82, 2.24) is 0 Å². The van der Waals surface area contributed by atoms with Crippen LogP contribution >= 0.6 is 0 Å². The zero-order valence-electron chi connectivity index (χ0n) is 11.7. The van der Waals surface area contributed by atoms with E-state index in [1.54, 1.807) is 30.3 Å². The molecule has 0 bridgehead atoms. The van der Waals surface area contributed by atoms with Gasteiger partial charge in [-0.2, -0.15) is 4.39 Å². The Morgan fingerprint density at radius 2 is 1.00 bits per heavy atom. The summed E-state index contributed by atoms with van der Waals surface area (Å²) in [5.41, 5.74) is -0.394. The van der Waals surface area contributed by atoms with Gasteiger partial charge in [0.25, 0.3) is 0 Å². The van der Waals surface area contributed by atoms with Gasteiger partial charge in [-0.05, 0) is 17.7 Å². The van der Waals surface area contributed by atoms with Crippen LogP contribution in [0.25, 0.3) is 22.3 Å². The Morgan fingerprint density at radius 1 is 0.522 bits per heavy atom. The van der Waals surface area contributed by atoms with Gasteiger partial charge >= 0.3 is 0 Å². The maximum atomic E-state index is 14.3. The molecule has 0 saturated heterocycles. The van der Waals surface area contributed by atoms with Gasteiger partial charge in [-0.25, -0.2) is 13.2 Å². The normalized spacial score (nSPS) is 10.8. The average Bonchev–Trinajstić information content (AvgIpc) is 2.57. The molecule has 0 saturated carbocycles. The van der Waals surface area contributed by atoms with E-state index in [-0.39, 0.29) is 5.56 Å².